The first-order valence-corrected chi connectivity index (χ1v) is 8.45. The van der Waals surface area contributed by atoms with Crippen molar-refractivity contribution in [2.75, 3.05) is 13.1 Å². The molecule has 2 unspecified atom stereocenters. The number of hydrogen-bond acceptors (Lipinski definition) is 4. The van der Waals surface area contributed by atoms with E-state index in [1.165, 1.54) is 5.56 Å². The number of carbonyl (C=O) groups excluding carboxylic acids is 1. The smallest absolute Gasteiger partial charge is 0.317 e. The molecule has 1 aliphatic heterocycles. The number of hydrogen-bond donors (Lipinski definition) is 1. The Kier molecular flexibility index (Phi) is 5.08. The fourth-order valence-corrected chi connectivity index (χ4v) is 3.32. The van der Waals surface area contributed by atoms with Crippen molar-refractivity contribution in [1.29, 1.82) is 0 Å². The molecule has 128 valence electrons. The molecule has 3 rings (SSSR count). The molecule has 24 heavy (non-hydrogen) atoms. The second-order valence-electron chi connectivity index (χ2n) is 6.37. The molecule has 7 heteroatoms. The predicted molar refractivity (Wildman–Crippen MR) is 90.3 cm³/mol. The van der Waals surface area contributed by atoms with E-state index in [4.69, 9.17) is 0 Å². The SMILES string of the molecule is CC1C(Cc2ccccc2)CCN1C(=O)NCCc1nnnn1C. The average molecular weight is 328 g/mol. The van der Waals surface area contributed by atoms with Crippen LogP contribution in [0.2, 0.25) is 0 Å². The molecule has 0 saturated carbocycles. The second-order valence-corrected chi connectivity index (χ2v) is 6.37. The number of tetrazole rings is 1. The van der Waals surface area contributed by atoms with Gasteiger partial charge in [0.05, 0.1) is 0 Å². The van der Waals surface area contributed by atoms with Crippen molar-refractivity contribution >= 4 is 6.03 Å². The van der Waals surface area contributed by atoms with Crippen LogP contribution in [0.25, 0.3) is 0 Å². The molecule has 0 bridgehead atoms. The molecule has 2 amide bonds. The van der Waals surface area contributed by atoms with Gasteiger partial charge in [-0.25, -0.2) is 9.48 Å². The Balaban J connectivity index is 1.48. The van der Waals surface area contributed by atoms with Crippen molar-refractivity contribution in [3.8, 4) is 0 Å². The molecule has 1 N–H and O–H groups in total. The topological polar surface area (TPSA) is 75.9 Å². The molecule has 0 aliphatic carbocycles. The van der Waals surface area contributed by atoms with Gasteiger partial charge in [-0.2, -0.15) is 0 Å². The average Bonchev–Trinajstić information content (AvgIpc) is 3.15. The highest BCUT2D eigenvalue weighted by atomic mass is 16.2. The van der Waals surface area contributed by atoms with Gasteiger partial charge in [-0.1, -0.05) is 30.3 Å². The van der Waals surface area contributed by atoms with Gasteiger partial charge >= 0.3 is 6.03 Å². The third-order valence-corrected chi connectivity index (χ3v) is 4.85. The van der Waals surface area contributed by atoms with Gasteiger partial charge in [0.15, 0.2) is 5.82 Å². The lowest BCUT2D eigenvalue weighted by molar-refractivity contribution is 0.190. The molecule has 0 spiro atoms. The van der Waals surface area contributed by atoms with Gasteiger partial charge in [-0.05, 0) is 41.7 Å². The van der Waals surface area contributed by atoms with Crippen LogP contribution in [0.4, 0.5) is 4.79 Å². The molecule has 0 radical (unpaired) electrons. The highest BCUT2D eigenvalue weighted by Crippen LogP contribution is 2.27. The maximum absolute atomic E-state index is 12.4. The van der Waals surface area contributed by atoms with E-state index in [9.17, 15) is 4.79 Å². The largest absolute Gasteiger partial charge is 0.338 e. The van der Waals surface area contributed by atoms with Gasteiger partial charge < -0.3 is 10.2 Å². The van der Waals surface area contributed by atoms with E-state index in [2.05, 4.69) is 52.0 Å². The third kappa shape index (κ3) is 3.72. The minimum atomic E-state index is 0.00758. The van der Waals surface area contributed by atoms with E-state index in [0.29, 0.717) is 18.9 Å². The van der Waals surface area contributed by atoms with Gasteiger partial charge in [0, 0.05) is 32.6 Å². The Morgan fingerprint density at radius 3 is 2.83 bits per heavy atom. The number of rotatable bonds is 5. The van der Waals surface area contributed by atoms with E-state index in [-0.39, 0.29) is 12.1 Å². The quantitative estimate of drug-likeness (QED) is 0.900. The van der Waals surface area contributed by atoms with Crippen LogP contribution in [0.5, 0.6) is 0 Å². The zero-order chi connectivity index (χ0) is 16.9. The van der Waals surface area contributed by atoms with Gasteiger partial charge in [-0.15, -0.1) is 5.10 Å². The number of likely N-dealkylation sites (tertiary alicyclic amines) is 1. The van der Waals surface area contributed by atoms with Crippen molar-refractivity contribution in [3.05, 3.63) is 41.7 Å². The van der Waals surface area contributed by atoms with Crippen molar-refractivity contribution in [2.24, 2.45) is 13.0 Å². The lowest BCUT2D eigenvalue weighted by Gasteiger charge is -2.25. The van der Waals surface area contributed by atoms with Gasteiger partial charge in [0.2, 0.25) is 0 Å². The molecule has 1 aromatic heterocycles. The number of urea groups is 1. The van der Waals surface area contributed by atoms with Crippen LogP contribution in [-0.2, 0) is 19.9 Å². The summed E-state index contributed by atoms with van der Waals surface area (Å²) in [6.45, 7) is 3.50. The molecular weight excluding hydrogens is 304 g/mol. The van der Waals surface area contributed by atoms with Crippen LogP contribution in [-0.4, -0.2) is 50.3 Å². The minimum Gasteiger partial charge on any atom is -0.338 e. The predicted octanol–water partition coefficient (Wildman–Crippen LogP) is 1.42. The van der Waals surface area contributed by atoms with Crippen molar-refractivity contribution < 1.29 is 4.79 Å². The van der Waals surface area contributed by atoms with Crippen LogP contribution in [0.15, 0.2) is 30.3 Å². The van der Waals surface area contributed by atoms with E-state index in [0.717, 1.165) is 25.2 Å². The first-order chi connectivity index (χ1) is 11.6. The summed E-state index contributed by atoms with van der Waals surface area (Å²) in [5.41, 5.74) is 1.34. The van der Waals surface area contributed by atoms with Crippen molar-refractivity contribution in [1.82, 2.24) is 30.4 Å². The second kappa shape index (κ2) is 7.42. The summed E-state index contributed by atoms with van der Waals surface area (Å²) < 4.78 is 1.63. The maximum atomic E-state index is 12.4. The third-order valence-electron chi connectivity index (χ3n) is 4.85. The lowest BCUT2D eigenvalue weighted by Crippen LogP contribution is -2.43. The molecule has 2 heterocycles. The van der Waals surface area contributed by atoms with Crippen LogP contribution in [0.1, 0.15) is 24.7 Å². The van der Waals surface area contributed by atoms with E-state index >= 15 is 0 Å². The standard InChI is InChI=1S/C17H24N6O/c1-13-15(12-14-6-4-3-5-7-14)9-11-23(13)17(24)18-10-8-16-19-20-21-22(16)2/h3-7,13,15H,8-12H2,1-2H3,(H,18,24). The molecule has 2 aromatic rings. The van der Waals surface area contributed by atoms with Gasteiger partial charge in [0.1, 0.15) is 0 Å². The zero-order valence-electron chi connectivity index (χ0n) is 14.2. The Labute approximate surface area is 142 Å². The molecule has 2 atom stereocenters. The number of benzene rings is 1. The summed E-state index contributed by atoms with van der Waals surface area (Å²) in [6, 6.07) is 10.7. The van der Waals surface area contributed by atoms with Crippen molar-refractivity contribution in [2.45, 2.75) is 32.2 Å². The van der Waals surface area contributed by atoms with E-state index < -0.39 is 0 Å². The highest BCUT2D eigenvalue weighted by molar-refractivity contribution is 5.74. The van der Waals surface area contributed by atoms with Crippen LogP contribution < -0.4 is 5.32 Å². The number of amides is 2. The minimum absolute atomic E-state index is 0.00758. The first kappa shape index (κ1) is 16.4. The maximum Gasteiger partial charge on any atom is 0.317 e. The highest BCUT2D eigenvalue weighted by Gasteiger charge is 2.33. The van der Waals surface area contributed by atoms with Gasteiger partial charge in [-0.3, -0.25) is 0 Å². The number of nitrogens with zero attached hydrogens (tertiary/aromatic N) is 5. The summed E-state index contributed by atoms with van der Waals surface area (Å²) >= 11 is 0. The number of nitrogens with one attached hydrogen (secondary N) is 1. The molecule has 1 aliphatic rings. The number of carbonyl (C=O) groups is 1. The summed E-state index contributed by atoms with van der Waals surface area (Å²) in [4.78, 5) is 14.4. The van der Waals surface area contributed by atoms with E-state index in [1.54, 1.807) is 11.7 Å². The van der Waals surface area contributed by atoms with E-state index in [1.807, 2.05) is 11.0 Å². The Morgan fingerprint density at radius 1 is 1.33 bits per heavy atom. The molecular formula is C17H24N6O. The monoisotopic (exact) mass is 328 g/mol. The molecule has 7 nitrogen and oxygen atoms in total. The summed E-state index contributed by atoms with van der Waals surface area (Å²) in [7, 11) is 1.80. The Bertz CT molecular complexity index is 671. The first-order valence-electron chi connectivity index (χ1n) is 8.45. The lowest BCUT2D eigenvalue weighted by atomic mass is 9.93. The summed E-state index contributed by atoms with van der Waals surface area (Å²) in [5, 5.41) is 14.3. The fourth-order valence-electron chi connectivity index (χ4n) is 3.32. The zero-order valence-corrected chi connectivity index (χ0v) is 14.2. The Morgan fingerprint density at radius 2 is 2.12 bits per heavy atom. The van der Waals surface area contributed by atoms with Crippen molar-refractivity contribution in [3.63, 3.8) is 0 Å². The molecule has 1 saturated heterocycles. The normalized spacial score (nSPS) is 20.3. The van der Waals surface area contributed by atoms with Gasteiger partial charge in [0.25, 0.3) is 0 Å². The number of aryl methyl sites for hydroxylation is 1. The molecule has 1 aromatic carbocycles. The van der Waals surface area contributed by atoms with Crippen LogP contribution in [0, 0.1) is 5.92 Å². The fraction of sp³-hybridized carbons (Fsp3) is 0.529. The summed E-state index contributed by atoms with van der Waals surface area (Å²) in [6.07, 6.45) is 2.71. The number of aromatic nitrogens is 4. The molecule has 1 fully saturated rings. The van der Waals surface area contributed by atoms with Crippen LogP contribution in [0.3, 0.4) is 0 Å². The Hall–Kier alpha value is -2.44. The van der Waals surface area contributed by atoms with Crippen LogP contribution >= 0.6 is 0 Å². The summed E-state index contributed by atoms with van der Waals surface area (Å²) in [5.74, 6) is 1.29.